The number of fused-ring (bicyclic) bond motifs is 1. The maximum atomic E-state index is 12.8. The van der Waals surface area contributed by atoms with E-state index in [1.807, 2.05) is 24.6 Å². The Bertz CT molecular complexity index is 879. The third kappa shape index (κ3) is 3.80. The van der Waals surface area contributed by atoms with Crippen LogP contribution < -0.4 is 0 Å². The van der Waals surface area contributed by atoms with E-state index >= 15 is 0 Å². The molecular weight excluding hydrogens is 350 g/mol. The number of amides is 1. The highest BCUT2D eigenvalue weighted by molar-refractivity contribution is 7.13. The summed E-state index contributed by atoms with van der Waals surface area (Å²) < 4.78 is 12.3. The first-order chi connectivity index (χ1) is 12.7. The van der Waals surface area contributed by atoms with Gasteiger partial charge >= 0.3 is 0 Å². The van der Waals surface area contributed by atoms with E-state index in [2.05, 4.69) is 27.8 Å². The molecule has 6 nitrogen and oxygen atoms in total. The zero-order valence-electron chi connectivity index (χ0n) is 15.3. The van der Waals surface area contributed by atoms with E-state index in [4.69, 9.17) is 9.47 Å². The summed E-state index contributed by atoms with van der Waals surface area (Å²) >= 11 is 1.48. The van der Waals surface area contributed by atoms with Crippen molar-refractivity contribution in [1.29, 1.82) is 0 Å². The molecule has 2 aromatic heterocycles. The number of aryl methyl sites for hydroxylation is 1. The summed E-state index contributed by atoms with van der Waals surface area (Å²) in [5.74, 6) is -0.0969. The van der Waals surface area contributed by atoms with Crippen LogP contribution >= 0.6 is 11.3 Å². The summed E-state index contributed by atoms with van der Waals surface area (Å²) in [6.07, 6.45) is 0. The number of hydrogen-bond donors (Lipinski definition) is 0. The second kappa shape index (κ2) is 8.44. The molecule has 0 atom stereocenters. The second-order valence-electron chi connectivity index (χ2n) is 5.96. The van der Waals surface area contributed by atoms with E-state index in [-0.39, 0.29) is 5.91 Å². The van der Waals surface area contributed by atoms with Gasteiger partial charge < -0.3 is 18.9 Å². The van der Waals surface area contributed by atoms with E-state index < -0.39 is 0 Å². The van der Waals surface area contributed by atoms with E-state index in [0.29, 0.717) is 32.0 Å². The van der Waals surface area contributed by atoms with Crippen LogP contribution in [0.1, 0.15) is 10.5 Å². The molecule has 1 amide bonds. The smallest absolute Gasteiger partial charge is 0.273 e. The zero-order chi connectivity index (χ0) is 18.5. The quantitative estimate of drug-likeness (QED) is 0.609. The molecule has 0 unspecified atom stereocenters. The lowest BCUT2D eigenvalue weighted by Crippen LogP contribution is -2.36. The number of thiazole rings is 1. The van der Waals surface area contributed by atoms with Crippen molar-refractivity contribution in [3.8, 4) is 10.7 Å². The van der Waals surface area contributed by atoms with E-state index in [1.165, 1.54) is 11.3 Å². The van der Waals surface area contributed by atoms with Crippen LogP contribution in [0.4, 0.5) is 0 Å². The monoisotopic (exact) mass is 373 g/mol. The second-order valence-corrected chi connectivity index (χ2v) is 6.82. The molecule has 0 aliphatic carbocycles. The molecule has 0 fully saturated rings. The van der Waals surface area contributed by atoms with Gasteiger partial charge in [-0.2, -0.15) is 0 Å². The van der Waals surface area contributed by atoms with Gasteiger partial charge in [0.2, 0.25) is 0 Å². The molecule has 0 saturated carbocycles. The fraction of sp³-hybridized carbons (Fsp3) is 0.368. The van der Waals surface area contributed by atoms with Crippen molar-refractivity contribution < 1.29 is 14.3 Å². The molecule has 26 heavy (non-hydrogen) atoms. The van der Waals surface area contributed by atoms with Gasteiger partial charge in [0, 0.05) is 50.6 Å². The van der Waals surface area contributed by atoms with Crippen molar-refractivity contribution in [1.82, 2.24) is 14.5 Å². The molecule has 0 aliphatic heterocycles. The Hall–Kier alpha value is -2.22. The van der Waals surface area contributed by atoms with E-state index in [0.717, 1.165) is 21.6 Å². The van der Waals surface area contributed by atoms with Crippen LogP contribution in [0.15, 0.2) is 35.7 Å². The molecule has 138 valence electrons. The van der Waals surface area contributed by atoms with Crippen molar-refractivity contribution in [3.63, 3.8) is 0 Å². The summed E-state index contributed by atoms with van der Waals surface area (Å²) in [4.78, 5) is 19.1. The molecule has 0 saturated heterocycles. The van der Waals surface area contributed by atoms with Crippen LogP contribution in [-0.2, 0) is 16.5 Å². The third-order valence-electron chi connectivity index (χ3n) is 4.31. The maximum Gasteiger partial charge on any atom is 0.273 e. The molecule has 0 aliphatic rings. The first kappa shape index (κ1) is 18.6. The van der Waals surface area contributed by atoms with Gasteiger partial charge in [-0.3, -0.25) is 4.79 Å². The number of hydrogen-bond acceptors (Lipinski definition) is 5. The van der Waals surface area contributed by atoms with Gasteiger partial charge in [0.05, 0.1) is 18.9 Å². The summed E-state index contributed by atoms with van der Waals surface area (Å²) in [5.41, 5.74) is 2.62. The highest BCUT2D eigenvalue weighted by Gasteiger charge is 2.20. The Kier molecular flexibility index (Phi) is 6.03. The number of para-hydroxylation sites is 1. The molecule has 2 heterocycles. The SMILES string of the molecule is COCCN(CCOC)C(=O)c1csc(-c2cc3ccccc3n2C)n1. The largest absolute Gasteiger partial charge is 0.383 e. The zero-order valence-corrected chi connectivity index (χ0v) is 16.1. The van der Waals surface area contributed by atoms with Crippen molar-refractivity contribution >= 4 is 28.1 Å². The van der Waals surface area contributed by atoms with Crippen LogP contribution in [0.2, 0.25) is 0 Å². The van der Waals surface area contributed by atoms with Gasteiger partial charge in [0.25, 0.3) is 5.91 Å². The normalized spacial score (nSPS) is 11.2. The number of benzene rings is 1. The number of methoxy groups -OCH3 is 2. The summed E-state index contributed by atoms with van der Waals surface area (Å²) in [7, 11) is 5.27. The molecule has 3 aromatic rings. The molecule has 3 rings (SSSR count). The topological polar surface area (TPSA) is 56.6 Å². The van der Waals surface area contributed by atoms with Gasteiger partial charge in [0.1, 0.15) is 10.7 Å². The Balaban J connectivity index is 1.85. The van der Waals surface area contributed by atoms with Gasteiger partial charge in [-0.1, -0.05) is 18.2 Å². The predicted molar refractivity (Wildman–Crippen MR) is 104 cm³/mol. The molecule has 1 aromatic carbocycles. The lowest BCUT2D eigenvalue weighted by Gasteiger charge is -2.20. The fourth-order valence-corrected chi connectivity index (χ4v) is 3.71. The number of aromatic nitrogens is 2. The van der Waals surface area contributed by atoms with Crippen LogP contribution in [-0.4, -0.2) is 60.9 Å². The lowest BCUT2D eigenvalue weighted by molar-refractivity contribution is 0.0622. The van der Waals surface area contributed by atoms with Gasteiger partial charge in [-0.25, -0.2) is 4.98 Å². The summed E-state index contributed by atoms with van der Waals surface area (Å²) in [6, 6.07) is 10.3. The van der Waals surface area contributed by atoms with Crippen LogP contribution in [0.3, 0.4) is 0 Å². The third-order valence-corrected chi connectivity index (χ3v) is 5.18. The van der Waals surface area contributed by atoms with E-state index in [1.54, 1.807) is 19.1 Å². The van der Waals surface area contributed by atoms with Crippen LogP contribution in [0, 0.1) is 0 Å². The Labute approximate surface area is 157 Å². The number of ether oxygens (including phenoxy) is 2. The number of carbonyl (C=O) groups is 1. The minimum atomic E-state index is -0.0969. The molecule has 0 bridgehead atoms. The molecule has 0 radical (unpaired) electrons. The Morgan fingerprint density at radius 3 is 2.54 bits per heavy atom. The van der Waals surface area contributed by atoms with Crippen LogP contribution in [0.25, 0.3) is 21.6 Å². The summed E-state index contributed by atoms with van der Waals surface area (Å²) in [6.45, 7) is 1.99. The van der Waals surface area contributed by atoms with Gasteiger partial charge in [-0.15, -0.1) is 11.3 Å². The molecule has 7 heteroatoms. The Morgan fingerprint density at radius 2 is 1.88 bits per heavy atom. The Morgan fingerprint density at radius 1 is 1.19 bits per heavy atom. The number of carbonyl (C=O) groups excluding carboxylic acids is 1. The first-order valence-corrected chi connectivity index (χ1v) is 9.31. The van der Waals surface area contributed by atoms with Crippen molar-refractivity contribution in [2.45, 2.75) is 0 Å². The minimum absolute atomic E-state index is 0.0969. The van der Waals surface area contributed by atoms with Crippen LogP contribution in [0.5, 0.6) is 0 Å². The van der Waals surface area contributed by atoms with Crippen molar-refractivity contribution in [2.24, 2.45) is 7.05 Å². The first-order valence-electron chi connectivity index (χ1n) is 8.43. The minimum Gasteiger partial charge on any atom is -0.383 e. The van der Waals surface area contributed by atoms with E-state index in [9.17, 15) is 4.79 Å². The average Bonchev–Trinajstić information content (AvgIpc) is 3.27. The number of nitrogens with zero attached hydrogens (tertiary/aromatic N) is 3. The van der Waals surface area contributed by atoms with Crippen molar-refractivity contribution in [3.05, 3.63) is 41.4 Å². The molecule has 0 N–H and O–H groups in total. The standard InChI is InChI=1S/C19H23N3O3S/c1-21-16-7-5-4-6-14(16)12-17(21)18-20-15(13-26-18)19(23)22(8-10-24-2)9-11-25-3/h4-7,12-13H,8-11H2,1-3H3. The highest BCUT2D eigenvalue weighted by Crippen LogP contribution is 2.29. The predicted octanol–water partition coefficient (Wildman–Crippen LogP) is 3.04. The molecular formula is C19H23N3O3S. The van der Waals surface area contributed by atoms with Gasteiger partial charge in [-0.05, 0) is 12.1 Å². The fourth-order valence-electron chi connectivity index (χ4n) is 2.86. The average molecular weight is 373 g/mol. The summed E-state index contributed by atoms with van der Waals surface area (Å²) in [5, 5.41) is 3.82. The number of rotatable bonds is 8. The van der Waals surface area contributed by atoms with Gasteiger partial charge in [0.15, 0.2) is 0 Å². The van der Waals surface area contributed by atoms with Crippen molar-refractivity contribution in [2.75, 3.05) is 40.5 Å². The highest BCUT2D eigenvalue weighted by atomic mass is 32.1. The molecule has 0 spiro atoms. The lowest BCUT2D eigenvalue weighted by atomic mass is 10.2. The maximum absolute atomic E-state index is 12.8.